The van der Waals surface area contributed by atoms with Crippen LogP contribution in [-0.4, -0.2) is 19.4 Å². The number of hydrogen-bond donors (Lipinski definition) is 1. The molecule has 0 aliphatic heterocycles. The van der Waals surface area contributed by atoms with Gasteiger partial charge in [0.1, 0.15) is 5.78 Å². The third kappa shape index (κ3) is 1.93. The molecule has 0 unspecified atom stereocenters. The molecule has 0 bridgehead atoms. The Bertz CT molecular complexity index is 199. The lowest BCUT2D eigenvalue weighted by atomic mass is 9.60. The zero-order chi connectivity index (χ0) is 10.1. The van der Waals surface area contributed by atoms with Crippen LogP contribution >= 0.6 is 0 Å². The molecule has 0 atom stereocenters. The minimum absolute atomic E-state index is 0.0347. The van der Waals surface area contributed by atoms with Gasteiger partial charge in [0.05, 0.1) is 0 Å². The first kappa shape index (κ1) is 10.7. The predicted molar refractivity (Wildman–Crippen MR) is 54.7 cm³/mol. The van der Waals surface area contributed by atoms with Gasteiger partial charge in [0.25, 0.3) is 0 Å². The molecule has 1 rings (SSSR count). The molecule has 1 saturated carbocycles. The van der Waals surface area contributed by atoms with Gasteiger partial charge in [-0.25, -0.2) is 0 Å². The second-order valence-electron chi connectivity index (χ2n) is 5.24. The summed E-state index contributed by atoms with van der Waals surface area (Å²) < 4.78 is 0. The highest BCUT2D eigenvalue weighted by atomic mass is 16.1. The van der Waals surface area contributed by atoms with Gasteiger partial charge in [-0.3, -0.25) is 4.79 Å². The predicted octanol–water partition coefficient (Wildman–Crippen LogP) is 1.99. The van der Waals surface area contributed by atoms with E-state index in [2.05, 4.69) is 5.32 Å². The molecule has 0 aromatic carbocycles. The fourth-order valence-corrected chi connectivity index (χ4v) is 2.22. The monoisotopic (exact) mass is 183 g/mol. The Morgan fingerprint density at radius 2 is 1.92 bits per heavy atom. The van der Waals surface area contributed by atoms with Gasteiger partial charge in [0.2, 0.25) is 0 Å². The van der Waals surface area contributed by atoms with Gasteiger partial charge >= 0.3 is 0 Å². The molecule has 0 aromatic rings. The first-order chi connectivity index (χ1) is 5.92. The highest BCUT2D eigenvalue weighted by Crippen LogP contribution is 2.45. The van der Waals surface area contributed by atoms with Crippen LogP contribution in [0.2, 0.25) is 0 Å². The van der Waals surface area contributed by atoms with Crippen molar-refractivity contribution in [2.24, 2.45) is 10.8 Å². The molecule has 0 radical (unpaired) electrons. The van der Waals surface area contributed by atoms with Gasteiger partial charge in [-0.1, -0.05) is 27.2 Å². The van der Waals surface area contributed by atoms with E-state index in [9.17, 15) is 4.79 Å². The van der Waals surface area contributed by atoms with Crippen molar-refractivity contribution in [2.75, 3.05) is 13.6 Å². The standard InChI is InChI=1S/C11H21NO/c1-10(2,3)9(13)11(8-12-4)6-5-7-11/h12H,5-8H2,1-4H3. The zero-order valence-corrected chi connectivity index (χ0v) is 9.24. The number of ketones is 1. The highest BCUT2D eigenvalue weighted by molar-refractivity contribution is 5.90. The van der Waals surface area contributed by atoms with Crippen LogP contribution < -0.4 is 5.32 Å². The van der Waals surface area contributed by atoms with E-state index in [1.807, 2.05) is 27.8 Å². The van der Waals surface area contributed by atoms with Crippen LogP contribution in [0.1, 0.15) is 40.0 Å². The summed E-state index contributed by atoms with van der Waals surface area (Å²) in [5.41, 5.74) is -0.218. The molecule has 0 saturated heterocycles. The summed E-state index contributed by atoms with van der Waals surface area (Å²) in [5, 5.41) is 3.14. The molecule has 1 N–H and O–H groups in total. The van der Waals surface area contributed by atoms with Crippen molar-refractivity contribution in [1.29, 1.82) is 0 Å². The largest absolute Gasteiger partial charge is 0.319 e. The first-order valence-corrected chi connectivity index (χ1v) is 5.12. The molecule has 1 fully saturated rings. The van der Waals surface area contributed by atoms with E-state index in [1.165, 1.54) is 6.42 Å². The minimum Gasteiger partial charge on any atom is -0.319 e. The van der Waals surface area contributed by atoms with Crippen LogP contribution in [0.5, 0.6) is 0 Å². The number of carbonyl (C=O) groups is 1. The van der Waals surface area contributed by atoms with Crippen molar-refractivity contribution in [3.8, 4) is 0 Å². The maximum Gasteiger partial charge on any atom is 0.145 e. The van der Waals surface area contributed by atoms with Crippen LogP contribution in [-0.2, 0) is 4.79 Å². The third-order valence-corrected chi connectivity index (χ3v) is 2.99. The van der Waals surface area contributed by atoms with Crippen molar-refractivity contribution < 1.29 is 4.79 Å². The second kappa shape index (κ2) is 3.41. The van der Waals surface area contributed by atoms with Gasteiger partial charge < -0.3 is 5.32 Å². The average Bonchev–Trinajstić information content (AvgIpc) is 1.93. The van der Waals surface area contributed by atoms with Crippen molar-refractivity contribution in [2.45, 2.75) is 40.0 Å². The molecule has 0 heterocycles. The molecule has 0 spiro atoms. The first-order valence-electron chi connectivity index (χ1n) is 5.12. The Labute approximate surface area is 81.1 Å². The van der Waals surface area contributed by atoms with E-state index in [-0.39, 0.29) is 10.8 Å². The molecule has 13 heavy (non-hydrogen) atoms. The molecule has 1 aliphatic rings. The van der Waals surface area contributed by atoms with Crippen LogP contribution in [0.15, 0.2) is 0 Å². The van der Waals surface area contributed by atoms with Crippen LogP contribution in [0, 0.1) is 10.8 Å². The van der Waals surface area contributed by atoms with Gasteiger partial charge in [0.15, 0.2) is 0 Å². The second-order valence-corrected chi connectivity index (χ2v) is 5.24. The van der Waals surface area contributed by atoms with E-state index in [4.69, 9.17) is 0 Å². The quantitative estimate of drug-likeness (QED) is 0.725. The smallest absolute Gasteiger partial charge is 0.145 e. The normalized spacial score (nSPS) is 20.9. The number of Topliss-reactive ketones (excluding diaryl/α,β-unsaturated/α-hetero) is 1. The SMILES string of the molecule is CNCC1(C(=O)C(C)(C)C)CCC1. The molecule has 2 heteroatoms. The lowest BCUT2D eigenvalue weighted by Gasteiger charge is -2.44. The van der Waals surface area contributed by atoms with Crippen molar-refractivity contribution >= 4 is 5.78 Å². The fourth-order valence-electron chi connectivity index (χ4n) is 2.22. The Morgan fingerprint density at radius 3 is 2.15 bits per heavy atom. The molecule has 2 nitrogen and oxygen atoms in total. The maximum atomic E-state index is 12.1. The van der Waals surface area contributed by atoms with Crippen molar-refractivity contribution in [1.82, 2.24) is 5.32 Å². The fraction of sp³-hybridized carbons (Fsp3) is 0.909. The van der Waals surface area contributed by atoms with Gasteiger partial charge in [-0.15, -0.1) is 0 Å². The molecule has 0 amide bonds. The van der Waals surface area contributed by atoms with Crippen molar-refractivity contribution in [3.05, 3.63) is 0 Å². The number of nitrogens with one attached hydrogen (secondary N) is 1. The Hall–Kier alpha value is -0.370. The number of rotatable bonds is 3. The minimum atomic E-state index is -0.183. The summed E-state index contributed by atoms with van der Waals surface area (Å²) in [5.74, 6) is 0.431. The molecule has 76 valence electrons. The van der Waals surface area contributed by atoms with E-state index in [0.717, 1.165) is 19.4 Å². The van der Waals surface area contributed by atoms with Crippen LogP contribution in [0.3, 0.4) is 0 Å². The van der Waals surface area contributed by atoms with E-state index in [0.29, 0.717) is 5.78 Å². The van der Waals surface area contributed by atoms with Crippen LogP contribution in [0.25, 0.3) is 0 Å². The third-order valence-electron chi connectivity index (χ3n) is 2.99. The van der Waals surface area contributed by atoms with E-state index < -0.39 is 0 Å². The van der Waals surface area contributed by atoms with Gasteiger partial charge in [-0.2, -0.15) is 0 Å². The molecular weight excluding hydrogens is 162 g/mol. The van der Waals surface area contributed by atoms with Gasteiger partial charge in [-0.05, 0) is 19.9 Å². The van der Waals surface area contributed by atoms with Crippen LogP contribution in [0.4, 0.5) is 0 Å². The lowest BCUT2D eigenvalue weighted by molar-refractivity contribution is -0.141. The maximum absolute atomic E-state index is 12.1. The summed E-state index contributed by atoms with van der Waals surface area (Å²) in [7, 11) is 1.93. The van der Waals surface area contributed by atoms with E-state index in [1.54, 1.807) is 0 Å². The highest BCUT2D eigenvalue weighted by Gasteiger charge is 2.47. The summed E-state index contributed by atoms with van der Waals surface area (Å²) >= 11 is 0. The Kier molecular flexibility index (Phi) is 2.81. The molecular formula is C11H21NO. The Morgan fingerprint density at radius 1 is 1.38 bits per heavy atom. The summed E-state index contributed by atoms with van der Waals surface area (Å²) in [6.07, 6.45) is 3.36. The zero-order valence-electron chi connectivity index (χ0n) is 9.24. The Balaban J connectivity index is 2.72. The molecule has 0 aromatic heterocycles. The average molecular weight is 183 g/mol. The summed E-state index contributed by atoms with van der Waals surface area (Å²) in [4.78, 5) is 12.1. The summed E-state index contributed by atoms with van der Waals surface area (Å²) in [6, 6.07) is 0. The number of hydrogen-bond acceptors (Lipinski definition) is 2. The van der Waals surface area contributed by atoms with Gasteiger partial charge in [0, 0.05) is 17.4 Å². The number of carbonyl (C=O) groups excluding carboxylic acids is 1. The topological polar surface area (TPSA) is 29.1 Å². The summed E-state index contributed by atoms with van der Waals surface area (Å²) in [6.45, 7) is 6.91. The lowest BCUT2D eigenvalue weighted by Crippen LogP contribution is -2.49. The van der Waals surface area contributed by atoms with Crippen molar-refractivity contribution in [3.63, 3.8) is 0 Å². The molecule has 1 aliphatic carbocycles. The van der Waals surface area contributed by atoms with E-state index >= 15 is 0 Å².